The number of rotatable bonds is 2. The molecular formula is C13H10BrCl2NO4. The lowest BCUT2D eigenvalue weighted by Crippen LogP contribution is -2.42. The molecule has 5 nitrogen and oxygen atoms in total. The van der Waals surface area contributed by atoms with Crippen LogP contribution in [0.4, 0.5) is 5.69 Å². The number of cyclic esters (lactones) is 2. The normalized spacial score (nSPS) is 17.1. The minimum absolute atomic E-state index is 0.257. The number of anilines is 1. The third-order valence-electron chi connectivity index (χ3n) is 2.48. The molecule has 1 N–H and O–H groups in total. The summed E-state index contributed by atoms with van der Waals surface area (Å²) < 4.78 is 10.5. The molecule has 21 heavy (non-hydrogen) atoms. The molecule has 1 aliphatic rings. The second kappa shape index (κ2) is 5.87. The minimum Gasteiger partial charge on any atom is -0.419 e. The summed E-state index contributed by atoms with van der Waals surface area (Å²) in [6.07, 6.45) is 1.18. The van der Waals surface area contributed by atoms with Gasteiger partial charge in [0.1, 0.15) is 0 Å². The highest BCUT2D eigenvalue weighted by Gasteiger charge is 2.38. The molecule has 2 rings (SSSR count). The molecule has 1 aromatic rings. The third-order valence-corrected chi connectivity index (χ3v) is 3.63. The maximum Gasteiger partial charge on any atom is 0.350 e. The maximum atomic E-state index is 11.8. The van der Waals surface area contributed by atoms with Crippen LogP contribution >= 0.6 is 39.1 Å². The summed E-state index contributed by atoms with van der Waals surface area (Å²) in [6.45, 7) is 2.94. The predicted molar refractivity (Wildman–Crippen MR) is 82.1 cm³/mol. The van der Waals surface area contributed by atoms with Gasteiger partial charge in [-0.3, -0.25) is 0 Å². The van der Waals surface area contributed by atoms with E-state index in [2.05, 4.69) is 21.2 Å². The Balaban J connectivity index is 2.26. The fraction of sp³-hybridized carbons (Fsp3) is 0.231. The second-order valence-electron chi connectivity index (χ2n) is 4.63. The lowest BCUT2D eigenvalue weighted by Gasteiger charge is -2.29. The summed E-state index contributed by atoms with van der Waals surface area (Å²) in [5.41, 5.74) is 0.200. The van der Waals surface area contributed by atoms with Gasteiger partial charge in [0.05, 0.1) is 10.7 Å². The van der Waals surface area contributed by atoms with Crippen LogP contribution in [0.1, 0.15) is 13.8 Å². The summed E-state index contributed by atoms with van der Waals surface area (Å²) >= 11 is 15.2. The van der Waals surface area contributed by atoms with E-state index in [1.807, 2.05) is 0 Å². The van der Waals surface area contributed by atoms with Crippen molar-refractivity contribution in [2.24, 2.45) is 0 Å². The van der Waals surface area contributed by atoms with Crippen molar-refractivity contribution in [3.05, 3.63) is 38.4 Å². The van der Waals surface area contributed by atoms with Gasteiger partial charge in [-0.05, 0) is 28.1 Å². The highest BCUT2D eigenvalue weighted by Crippen LogP contribution is 2.34. The van der Waals surface area contributed by atoms with Gasteiger partial charge in [0.15, 0.2) is 5.57 Å². The van der Waals surface area contributed by atoms with Gasteiger partial charge >= 0.3 is 11.9 Å². The summed E-state index contributed by atoms with van der Waals surface area (Å²) in [5, 5.41) is 3.54. The van der Waals surface area contributed by atoms with Crippen LogP contribution in [0, 0.1) is 0 Å². The smallest absolute Gasteiger partial charge is 0.350 e. The molecule has 0 unspecified atom stereocenters. The topological polar surface area (TPSA) is 64.6 Å². The van der Waals surface area contributed by atoms with Crippen LogP contribution in [-0.2, 0) is 19.1 Å². The van der Waals surface area contributed by atoms with Crippen LogP contribution in [-0.4, -0.2) is 17.7 Å². The maximum absolute atomic E-state index is 11.8. The molecular weight excluding hydrogens is 385 g/mol. The number of carbonyl (C=O) groups excluding carboxylic acids is 2. The van der Waals surface area contributed by atoms with Crippen molar-refractivity contribution in [3.63, 3.8) is 0 Å². The van der Waals surface area contributed by atoms with Gasteiger partial charge in [0.2, 0.25) is 0 Å². The number of nitrogens with one attached hydrogen (secondary N) is 1. The quantitative estimate of drug-likeness (QED) is 0.468. The van der Waals surface area contributed by atoms with Crippen molar-refractivity contribution in [3.8, 4) is 0 Å². The number of halogens is 3. The van der Waals surface area contributed by atoms with E-state index in [1.54, 1.807) is 6.07 Å². The Morgan fingerprint density at radius 1 is 1.19 bits per heavy atom. The van der Waals surface area contributed by atoms with E-state index in [4.69, 9.17) is 32.7 Å². The molecule has 1 saturated heterocycles. The fourth-order valence-electron chi connectivity index (χ4n) is 1.60. The van der Waals surface area contributed by atoms with Crippen molar-refractivity contribution in [1.82, 2.24) is 0 Å². The van der Waals surface area contributed by atoms with Crippen molar-refractivity contribution in [2.45, 2.75) is 19.6 Å². The summed E-state index contributed by atoms with van der Waals surface area (Å²) in [7, 11) is 0. The van der Waals surface area contributed by atoms with Gasteiger partial charge in [-0.2, -0.15) is 0 Å². The number of benzene rings is 1. The van der Waals surface area contributed by atoms with E-state index in [0.29, 0.717) is 20.2 Å². The first kappa shape index (κ1) is 16.1. The molecule has 1 heterocycles. The van der Waals surface area contributed by atoms with Crippen LogP contribution in [0.2, 0.25) is 10.0 Å². The Bertz CT molecular complexity index is 613. The van der Waals surface area contributed by atoms with Crippen LogP contribution < -0.4 is 5.32 Å². The zero-order valence-corrected chi connectivity index (χ0v) is 14.1. The average molecular weight is 395 g/mol. The van der Waals surface area contributed by atoms with Gasteiger partial charge in [0, 0.05) is 29.5 Å². The van der Waals surface area contributed by atoms with Crippen molar-refractivity contribution in [1.29, 1.82) is 0 Å². The van der Waals surface area contributed by atoms with Crippen molar-refractivity contribution in [2.75, 3.05) is 5.32 Å². The molecule has 0 bridgehead atoms. The third kappa shape index (κ3) is 3.70. The van der Waals surface area contributed by atoms with E-state index in [9.17, 15) is 9.59 Å². The highest BCUT2D eigenvalue weighted by molar-refractivity contribution is 9.10. The number of hydrogen-bond acceptors (Lipinski definition) is 5. The molecule has 0 saturated carbocycles. The van der Waals surface area contributed by atoms with Crippen LogP contribution in [0.15, 0.2) is 28.4 Å². The van der Waals surface area contributed by atoms with Gasteiger partial charge in [-0.15, -0.1) is 0 Å². The van der Waals surface area contributed by atoms with Crippen LogP contribution in [0.3, 0.4) is 0 Å². The first-order valence-corrected chi connectivity index (χ1v) is 7.32. The second-order valence-corrected chi connectivity index (χ2v) is 6.32. The van der Waals surface area contributed by atoms with E-state index in [-0.39, 0.29) is 5.57 Å². The Labute approximate surface area is 139 Å². The zero-order valence-electron chi connectivity index (χ0n) is 11.0. The summed E-state index contributed by atoms with van der Waals surface area (Å²) in [4.78, 5) is 23.5. The average Bonchev–Trinajstić information content (AvgIpc) is 2.29. The van der Waals surface area contributed by atoms with E-state index < -0.39 is 17.7 Å². The molecule has 0 spiro atoms. The SMILES string of the molecule is CC1(C)OC(=O)C(=CNc2c(Cl)cc(Cl)cc2Br)C(=O)O1. The van der Waals surface area contributed by atoms with Gasteiger partial charge in [0.25, 0.3) is 5.79 Å². The van der Waals surface area contributed by atoms with Gasteiger partial charge in [-0.1, -0.05) is 23.2 Å². The lowest BCUT2D eigenvalue weighted by atomic mass is 10.2. The Morgan fingerprint density at radius 3 is 2.29 bits per heavy atom. The van der Waals surface area contributed by atoms with Crippen LogP contribution in [0.25, 0.3) is 0 Å². The number of esters is 2. The minimum atomic E-state index is -1.27. The van der Waals surface area contributed by atoms with E-state index in [1.165, 1.54) is 26.1 Å². The molecule has 0 radical (unpaired) electrons. The van der Waals surface area contributed by atoms with Gasteiger partial charge in [-0.25, -0.2) is 9.59 Å². The standard InChI is InChI=1S/C13H10BrCl2NO4/c1-13(2)20-11(18)7(12(19)21-13)5-17-10-8(14)3-6(15)4-9(10)16/h3-5,17H,1-2H3. The monoisotopic (exact) mass is 393 g/mol. The first-order chi connectivity index (χ1) is 9.69. The number of hydrogen-bond donors (Lipinski definition) is 1. The van der Waals surface area contributed by atoms with Gasteiger partial charge < -0.3 is 14.8 Å². The molecule has 1 fully saturated rings. The summed E-state index contributed by atoms with van der Waals surface area (Å²) in [5.74, 6) is -2.82. The van der Waals surface area contributed by atoms with Crippen molar-refractivity contribution >= 4 is 56.8 Å². The van der Waals surface area contributed by atoms with Crippen molar-refractivity contribution < 1.29 is 19.1 Å². The Kier molecular flexibility index (Phi) is 4.51. The largest absolute Gasteiger partial charge is 0.419 e. The molecule has 8 heteroatoms. The summed E-state index contributed by atoms with van der Waals surface area (Å²) in [6, 6.07) is 3.14. The number of ether oxygens (including phenoxy) is 2. The predicted octanol–water partition coefficient (Wildman–Crippen LogP) is 3.89. The first-order valence-electron chi connectivity index (χ1n) is 5.77. The van der Waals surface area contributed by atoms with E-state index >= 15 is 0 Å². The fourth-order valence-corrected chi connectivity index (χ4v) is 2.97. The Morgan fingerprint density at radius 2 is 1.76 bits per heavy atom. The molecule has 0 atom stereocenters. The van der Waals surface area contributed by atoms with Crippen LogP contribution in [0.5, 0.6) is 0 Å². The molecule has 112 valence electrons. The van der Waals surface area contributed by atoms with E-state index in [0.717, 1.165) is 0 Å². The molecule has 0 aromatic heterocycles. The lowest BCUT2D eigenvalue weighted by molar-refractivity contribution is -0.222. The number of carbonyl (C=O) groups is 2. The molecule has 0 aliphatic carbocycles. The molecule has 1 aliphatic heterocycles. The zero-order chi connectivity index (χ0) is 15.8. The molecule has 1 aromatic carbocycles. The highest BCUT2D eigenvalue weighted by atomic mass is 79.9. The molecule has 0 amide bonds. The Hall–Kier alpha value is -1.24.